The molecule has 0 bridgehead atoms. The Hall–Kier alpha value is -1.09. The van der Waals surface area contributed by atoms with Crippen molar-refractivity contribution in [3.8, 4) is 0 Å². The van der Waals surface area contributed by atoms with Gasteiger partial charge in [-0.25, -0.2) is 4.39 Å². The van der Waals surface area contributed by atoms with Crippen LogP contribution < -0.4 is 10.6 Å². The van der Waals surface area contributed by atoms with E-state index in [2.05, 4.69) is 18.7 Å². The van der Waals surface area contributed by atoms with Gasteiger partial charge in [0.1, 0.15) is 5.82 Å². The number of halogens is 1. The Bertz CT molecular complexity index is 407. The van der Waals surface area contributed by atoms with Gasteiger partial charge in [0.2, 0.25) is 0 Å². The Balaban J connectivity index is 2.37. The Morgan fingerprint density at radius 3 is 2.44 bits per heavy atom. The number of nitrogens with zero attached hydrogens (tertiary/aromatic N) is 1. The van der Waals surface area contributed by atoms with E-state index < -0.39 is 0 Å². The molecule has 0 aliphatic carbocycles. The SMILES string of the molecule is CC1CC(C)CN(c2c(F)cccc2[C@H](C)N)C1. The van der Waals surface area contributed by atoms with E-state index in [-0.39, 0.29) is 11.9 Å². The smallest absolute Gasteiger partial charge is 0.146 e. The fraction of sp³-hybridized carbons (Fsp3) is 0.600. The van der Waals surface area contributed by atoms with Gasteiger partial charge in [0.25, 0.3) is 0 Å². The highest BCUT2D eigenvalue weighted by molar-refractivity contribution is 5.56. The molecular weight excluding hydrogens is 227 g/mol. The zero-order chi connectivity index (χ0) is 13.3. The molecule has 2 unspecified atom stereocenters. The minimum Gasteiger partial charge on any atom is -0.368 e. The van der Waals surface area contributed by atoms with Crippen LogP contribution in [-0.2, 0) is 0 Å². The number of hydrogen-bond donors (Lipinski definition) is 1. The summed E-state index contributed by atoms with van der Waals surface area (Å²) in [4.78, 5) is 2.17. The van der Waals surface area contributed by atoms with Crippen molar-refractivity contribution in [1.29, 1.82) is 0 Å². The maximum absolute atomic E-state index is 14.2. The maximum Gasteiger partial charge on any atom is 0.146 e. The first-order valence-electron chi connectivity index (χ1n) is 6.78. The van der Waals surface area contributed by atoms with Gasteiger partial charge in [-0.2, -0.15) is 0 Å². The molecule has 0 amide bonds. The monoisotopic (exact) mass is 250 g/mol. The van der Waals surface area contributed by atoms with Gasteiger partial charge in [-0.1, -0.05) is 26.0 Å². The van der Waals surface area contributed by atoms with Crippen LogP contribution in [0, 0.1) is 17.7 Å². The van der Waals surface area contributed by atoms with Crippen LogP contribution in [0.15, 0.2) is 18.2 Å². The average molecular weight is 250 g/mol. The van der Waals surface area contributed by atoms with Crippen LogP contribution >= 0.6 is 0 Å². The molecule has 2 nitrogen and oxygen atoms in total. The lowest BCUT2D eigenvalue weighted by Crippen LogP contribution is -2.40. The van der Waals surface area contributed by atoms with E-state index in [1.54, 1.807) is 6.07 Å². The zero-order valence-electron chi connectivity index (χ0n) is 11.5. The minimum absolute atomic E-state index is 0.136. The minimum atomic E-state index is -0.147. The fourth-order valence-corrected chi connectivity index (χ4v) is 3.08. The summed E-state index contributed by atoms with van der Waals surface area (Å²) in [5.41, 5.74) is 7.59. The largest absolute Gasteiger partial charge is 0.368 e. The third-order valence-electron chi connectivity index (χ3n) is 3.69. The molecule has 1 aliphatic heterocycles. The van der Waals surface area contributed by atoms with E-state index in [1.807, 2.05) is 13.0 Å². The van der Waals surface area contributed by atoms with Gasteiger partial charge < -0.3 is 10.6 Å². The van der Waals surface area contributed by atoms with Crippen LogP contribution in [0.4, 0.5) is 10.1 Å². The van der Waals surface area contributed by atoms with Crippen LogP contribution in [0.5, 0.6) is 0 Å². The predicted molar refractivity (Wildman–Crippen MR) is 74.2 cm³/mol. The summed E-state index contributed by atoms with van der Waals surface area (Å²) in [5, 5.41) is 0. The molecule has 3 atom stereocenters. The van der Waals surface area contributed by atoms with E-state index in [9.17, 15) is 4.39 Å². The molecule has 1 aliphatic rings. The Morgan fingerprint density at radius 1 is 1.28 bits per heavy atom. The number of benzene rings is 1. The second kappa shape index (κ2) is 5.27. The molecule has 2 N–H and O–H groups in total. The quantitative estimate of drug-likeness (QED) is 0.872. The molecule has 1 saturated heterocycles. The summed E-state index contributed by atoms with van der Waals surface area (Å²) in [6, 6.07) is 5.08. The summed E-state index contributed by atoms with van der Waals surface area (Å²) in [6.07, 6.45) is 1.22. The lowest BCUT2D eigenvalue weighted by molar-refractivity contribution is 0.354. The van der Waals surface area contributed by atoms with Gasteiger partial charge >= 0.3 is 0 Å². The Kier molecular flexibility index (Phi) is 3.91. The lowest BCUT2D eigenvalue weighted by atomic mass is 9.90. The van der Waals surface area contributed by atoms with Crippen molar-refractivity contribution in [2.24, 2.45) is 17.6 Å². The van der Waals surface area contributed by atoms with Gasteiger partial charge in [-0.05, 0) is 36.8 Å². The molecule has 2 rings (SSSR count). The summed E-state index contributed by atoms with van der Waals surface area (Å²) in [5.74, 6) is 1.06. The molecule has 1 aromatic rings. The second-order valence-electron chi connectivity index (χ2n) is 5.82. The summed E-state index contributed by atoms with van der Waals surface area (Å²) in [7, 11) is 0. The number of hydrogen-bond acceptors (Lipinski definition) is 2. The third-order valence-corrected chi connectivity index (χ3v) is 3.69. The second-order valence-corrected chi connectivity index (χ2v) is 5.82. The van der Waals surface area contributed by atoms with Crippen molar-refractivity contribution >= 4 is 5.69 Å². The van der Waals surface area contributed by atoms with Crippen LogP contribution in [0.1, 0.15) is 38.8 Å². The normalized spacial score (nSPS) is 26.2. The number of nitrogens with two attached hydrogens (primary N) is 1. The lowest BCUT2D eigenvalue weighted by Gasteiger charge is -2.38. The molecule has 1 aromatic carbocycles. The summed E-state index contributed by atoms with van der Waals surface area (Å²) < 4.78 is 14.2. The standard InChI is InChI=1S/C15H23FN2/c1-10-7-11(2)9-18(8-10)15-13(12(3)17)5-4-6-14(15)16/h4-6,10-12H,7-9,17H2,1-3H3/t10?,11?,12-/m0/s1. The molecule has 100 valence electrons. The predicted octanol–water partition coefficient (Wildman–Crippen LogP) is 3.33. The highest BCUT2D eigenvalue weighted by Crippen LogP contribution is 2.33. The topological polar surface area (TPSA) is 29.3 Å². The molecule has 3 heteroatoms. The van der Waals surface area contributed by atoms with E-state index in [1.165, 1.54) is 12.5 Å². The van der Waals surface area contributed by atoms with Crippen molar-refractivity contribution < 1.29 is 4.39 Å². The van der Waals surface area contributed by atoms with E-state index in [4.69, 9.17) is 5.73 Å². The zero-order valence-corrected chi connectivity index (χ0v) is 11.5. The average Bonchev–Trinajstić information content (AvgIpc) is 2.26. The molecule has 0 radical (unpaired) electrons. The maximum atomic E-state index is 14.2. The summed E-state index contributed by atoms with van der Waals surface area (Å²) >= 11 is 0. The van der Waals surface area contributed by atoms with E-state index in [0.29, 0.717) is 17.5 Å². The van der Waals surface area contributed by atoms with Gasteiger partial charge in [0.15, 0.2) is 0 Å². The van der Waals surface area contributed by atoms with Gasteiger partial charge in [-0.15, -0.1) is 0 Å². The van der Waals surface area contributed by atoms with Gasteiger partial charge in [0, 0.05) is 19.1 Å². The first-order valence-corrected chi connectivity index (χ1v) is 6.78. The van der Waals surface area contributed by atoms with Crippen molar-refractivity contribution in [2.75, 3.05) is 18.0 Å². The number of para-hydroxylation sites is 1. The summed E-state index contributed by atoms with van der Waals surface area (Å²) in [6.45, 7) is 8.22. The molecule has 0 aromatic heterocycles. The van der Waals surface area contributed by atoms with Crippen molar-refractivity contribution in [3.63, 3.8) is 0 Å². The molecule has 0 spiro atoms. The van der Waals surface area contributed by atoms with Crippen LogP contribution in [-0.4, -0.2) is 13.1 Å². The molecule has 1 heterocycles. The van der Waals surface area contributed by atoms with Crippen LogP contribution in [0.25, 0.3) is 0 Å². The first kappa shape index (κ1) is 13.3. The fourth-order valence-electron chi connectivity index (χ4n) is 3.08. The van der Waals surface area contributed by atoms with Crippen molar-refractivity contribution in [2.45, 2.75) is 33.2 Å². The van der Waals surface area contributed by atoms with Gasteiger partial charge in [0.05, 0.1) is 5.69 Å². The van der Waals surface area contributed by atoms with E-state index >= 15 is 0 Å². The highest BCUT2D eigenvalue weighted by atomic mass is 19.1. The van der Waals surface area contributed by atoms with Gasteiger partial charge in [-0.3, -0.25) is 0 Å². The molecular formula is C15H23FN2. The van der Waals surface area contributed by atoms with Crippen molar-refractivity contribution in [3.05, 3.63) is 29.6 Å². The highest BCUT2D eigenvalue weighted by Gasteiger charge is 2.26. The van der Waals surface area contributed by atoms with Crippen LogP contribution in [0.2, 0.25) is 0 Å². The van der Waals surface area contributed by atoms with Crippen molar-refractivity contribution in [1.82, 2.24) is 0 Å². The molecule has 18 heavy (non-hydrogen) atoms. The number of anilines is 1. The first-order chi connectivity index (χ1) is 8.49. The number of piperidine rings is 1. The Labute approximate surface area is 109 Å². The molecule has 1 fully saturated rings. The van der Waals surface area contributed by atoms with Crippen LogP contribution in [0.3, 0.4) is 0 Å². The van der Waals surface area contributed by atoms with E-state index in [0.717, 1.165) is 18.7 Å². The number of rotatable bonds is 2. The molecule has 0 saturated carbocycles. The third kappa shape index (κ3) is 2.66. The Morgan fingerprint density at radius 2 is 1.89 bits per heavy atom.